The van der Waals surface area contributed by atoms with Gasteiger partial charge in [-0.25, -0.2) is 0 Å². The normalized spacial score (nSPS) is 12.2. The summed E-state index contributed by atoms with van der Waals surface area (Å²) in [6, 6.07) is 0.363. The van der Waals surface area contributed by atoms with Gasteiger partial charge >= 0.3 is 0 Å². The first-order valence-electron chi connectivity index (χ1n) is 3.93. The van der Waals surface area contributed by atoms with Gasteiger partial charge in [0.05, 0.1) is 0 Å². The maximum Gasteiger partial charge on any atom is 0.213 e. The number of hydrogen-bond donors (Lipinski definition) is 2. The van der Waals surface area contributed by atoms with Crippen LogP contribution < -0.4 is 11.6 Å². The highest BCUT2D eigenvalue weighted by Gasteiger charge is 2.09. The molecule has 0 aliphatic carbocycles. The zero-order chi connectivity index (χ0) is 8.85. The topological polar surface area (TPSA) is 67.6 Å². The Bertz CT molecular complexity index is 130. The number of hydrogen-bond acceptors (Lipinski definition) is 2. The van der Waals surface area contributed by atoms with E-state index in [1.807, 2.05) is 4.90 Å². The van der Waals surface area contributed by atoms with E-state index >= 15 is 0 Å². The Balaban J connectivity index is 4.10. The summed E-state index contributed by atoms with van der Waals surface area (Å²) in [5.74, 6) is 5.48. The number of rotatable bonds is 3. The van der Waals surface area contributed by atoms with E-state index in [2.05, 4.69) is 25.9 Å². The third kappa shape index (κ3) is 3.11. The van der Waals surface area contributed by atoms with Crippen LogP contribution in [0, 0.1) is 0 Å². The second-order valence-electron chi connectivity index (χ2n) is 2.77. The maximum absolute atomic E-state index is 5.56. The highest BCUT2D eigenvalue weighted by atomic mass is 15.3. The third-order valence-electron chi connectivity index (χ3n) is 1.51. The fraction of sp³-hybridized carbons (Fsp3) is 0.857. The van der Waals surface area contributed by atoms with Crippen LogP contribution >= 0.6 is 0 Å². The Morgan fingerprint density at radius 2 is 2.09 bits per heavy atom. The van der Waals surface area contributed by atoms with Crippen molar-refractivity contribution in [3.63, 3.8) is 0 Å². The summed E-state index contributed by atoms with van der Waals surface area (Å²) in [7, 11) is 0. The van der Waals surface area contributed by atoms with E-state index in [-0.39, 0.29) is 0 Å². The SMILES string of the molecule is CCCN(C(N)=NN)C(C)C. The lowest BCUT2D eigenvalue weighted by atomic mass is 10.3. The molecular formula is C7H18N4. The van der Waals surface area contributed by atoms with Gasteiger partial charge in [-0.1, -0.05) is 6.92 Å². The van der Waals surface area contributed by atoms with Crippen molar-refractivity contribution in [3.8, 4) is 0 Å². The van der Waals surface area contributed by atoms with Crippen molar-refractivity contribution < 1.29 is 0 Å². The molecule has 0 amide bonds. The Labute approximate surface area is 68.2 Å². The van der Waals surface area contributed by atoms with E-state index < -0.39 is 0 Å². The molecule has 0 aliphatic rings. The molecule has 0 spiro atoms. The van der Waals surface area contributed by atoms with Crippen LogP contribution in [0.15, 0.2) is 5.10 Å². The standard InChI is InChI=1S/C7H18N4/c1-4-5-11(6(2)3)7(8)10-9/h6H,4-5,9H2,1-3H3,(H2,8,10). The van der Waals surface area contributed by atoms with E-state index in [1.165, 1.54) is 0 Å². The Morgan fingerprint density at radius 1 is 1.55 bits per heavy atom. The molecule has 0 aromatic carbocycles. The maximum atomic E-state index is 5.56. The van der Waals surface area contributed by atoms with Crippen molar-refractivity contribution in [1.82, 2.24) is 4.90 Å². The number of nitrogens with zero attached hydrogens (tertiary/aromatic N) is 2. The summed E-state index contributed by atoms with van der Waals surface area (Å²) in [5, 5.41) is 3.45. The minimum Gasteiger partial charge on any atom is -0.368 e. The molecule has 0 unspecified atom stereocenters. The first-order chi connectivity index (χ1) is 5.13. The summed E-state index contributed by atoms with van der Waals surface area (Å²) in [5.41, 5.74) is 5.56. The molecule has 0 atom stereocenters. The number of hydrazone groups is 1. The lowest BCUT2D eigenvalue weighted by molar-refractivity contribution is 0.345. The van der Waals surface area contributed by atoms with Gasteiger partial charge in [-0.2, -0.15) is 0 Å². The van der Waals surface area contributed by atoms with Gasteiger partial charge in [-0.3, -0.25) is 0 Å². The predicted molar refractivity (Wildman–Crippen MR) is 47.9 cm³/mol. The van der Waals surface area contributed by atoms with E-state index in [0.29, 0.717) is 12.0 Å². The molecule has 0 rings (SSSR count). The van der Waals surface area contributed by atoms with Crippen LogP contribution in [0.4, 0.5) is 0 Å². The average Bonchev–Trinajstić information content (AvgIpc) is 1.98. The fourth-order valence-electron chi connectivity index (χ4n) is 0.952. The fourth-order valence-corrected chi connectivity index (χ4v) is 0.952. The summed E-state index contributed by atoms with van der Waals surface area (Å²) < 4.78 is 0. The van der Waals surface area contributed by atoms with E-state index in [0.717, 1.165) is 13.0 Å². The second-order valence-corrected chi connectivity index (χ2v) is 2.77. The Hall–Kier alpha value is -0.930. The van der Waals surface area contributed by atoms with Gasteiger partial charge in [0.1, 0.15) is 0 Å². The quantitative estimate of drug-likeness (QED) is 0.268. The zero-order valence-electron chi connectivity index (χ0n) is 7.54. The lowest BCUT2D eigenvalue weighted by Crippen LogP contribution is -2.43. The van der Waals surface area contributed by atoms with Gasteiger partial charge in [-0.15, -0.1) is 5.10 Å². The summed E-state index contributed by atoms with van der Waals surface area (Å²) in [6.45, 7) is 7.13. The molecule has 66 valence electrons. The summed E-state index contributed by atoms with van der Waals surface area (Å²) in [6.07, 6.45) is 1.05. The van der Waals surface area contributed by atoms with Gasteiger partial charge in [0.2, 0.25) is 5.96 Å². The predicted octanol–water partition coefficient (Wildman–Crippen LogP) is 0.295. The highest BCUT2D eigenvalue weighted by molar-refractivity contribution is 5.77. The monoisotopic (exact) mass is 158 g/mol. The minimum absolute atomic E-state index is 0.363. The van der Waals surface area contributed by atoms with Gasteiger partial charge in [0, 0.05) is 12.6 Å². The van der Waals surface area contributed by atoms with Crippen LogP contribution in [-0.4, -0.2) is 23.4 Å². The van der Waals surface area contributed by atoms with Gasteiger partial charge in [0.25, 0.3) is 0 Å². The minimum atomic E-state index is 0.363. The Morgan fingerprint density at radius 3 is 2.36 bits per heavy atom. The smallest absolute Gasteiger partial charge is 0.213 e. The molecular weight excluding hydrogens is 140 g/mol. The first kappa shape index (κ1) is 10.1. The molecule has 0 fully saturated rings. The van der Waals surface area contributed by atoms with Crippen molar-refractivity contribution in [3.05, 3.63) is 0 Å². The van der Waals surface area contributed by atoms with E-state index in [4.69, 9.17) is 11.6 Å². The van der Waals surface area contributed by atoms with Crippen LogP contribution in [0.2, 0.25) is 0 Å². The van der Waals surface area contributed by atoms with Crippen LogP contribution in [0.25, 0.3) is 0 Å². The highest BCUT2D eigenvalue weighted by Crippen LogP contribution is 1.97. The second kappa shape index (κ2) is 4.82. The van der Waals surface area contributed by atoms with Crippen molar-refractivity contribution in [1.29, 1.82) is 0 Å². The summed E-state index contributed by atoms with van der Waals surface area (Å²) >= 11 is 0. The van der Waals surface area contributed by atoms with Gasteiger partial charge < -0.3 is 16.5 Å². The van der Waals surface area contributed by atoms with Crippen molar-refractivity contribution in [2.75, 3.05) is 6.54 Å². The number of nitrogens with two attached hydrogens (primary N) is 2. The van der Waals surface area contributed by atoms with Crippen LogP contribution in [-0.2, 0) is 0 Å². The molecule has 0 heterocycles. The van der Waals surface area contributed by atoms with Crippen molar-refractivity contribution in [2.24, 2.45) is 16.7 Å². The molecule has 0 saturated carbocycles. The van der Waals surface area contributed by atoms with E-state index in [1.54, 1.807) is 0 Å². The molecule has 4 N–H and O–H groups in total. The molecule has 0 bridgehead atoms. The molecule has 0 saturated heterocycles. The van der Waals surface area contributed by atoms with Crippen LogP contribution in [0.3, 0.4) is 0 Å². The third-order valence-corrected chi connectivity index (χ3v) is 1.51. The lowest BCUT2D eigenvalue weighted by Gasteiger charge is -2.26. The van der Waals surface area contributed by atoms with E-state index in [9.17, 15) is 0 Å². The molecule has 0 aromatic heterocycles. The number of guanidine groups is 1. The Kier molecular flexibility index (Phi) is 4.41. The van der Waals surface area contributed by atoms with Crippen LogP contribution in [0.5, 0.6) is 0 Å². The largest absolute Gasteiger partial charge is 0.368 e. The first-order valence-corrected chi connectivity index (χ1v) is 3.93. The van der Waals surface area contributed by atoms with Gasteiger partial charge in [-0.05, 0) is 20.3 Å². The molecule has 4 nitrogen and oxygen atoms in total. The molecule has 0 aromatic rings. The molecule has 4 heteroatoms. The zero-order valence-corrected chi connectivity index (χ0v) is 7.54. The van der Waals surface area contributed by atoms with Gasteiger partial charge in [0.15, 0.2) is 0 Å². The van der Waals surface area contributed by atoms with Crippen LogP contribution in [0.1, 0.15) is 27.2 Å². The molecule has 11 heavy (non-hydrogen) atoms. The molecule has 0 radical (unpaired) electrons. The van der Waals surface area contributed by atoms with Crippen molar-refractivity contribution >= 4 is 5.96 Å². The van der Waals surface area contributed by atoms with Crippen molar-refractivity contribution in [2.45, 2.75) is 33.2 Å². The summed E-state index contributed by atoms with van der Waals surface area (Å²) in [4.78, 5) is 1.97. The molecule has 0 aliphatic heterocycles. The average molecular weight is 158 g/mol.